The molecule has 3 rings (SSSR count). The van der Waals surface area contributed by atoms with Crippen LogP contribution in [0, 0.1) is 0 Å². The van der Waals surface area contributed by atoms with Gasteiger partial charge in [-0.15, -0.1) is 0 Å². The number of rotatable bonds is 9. The first kappa shape index (κ1) is 24.4. The van der Waals surface area contributed by atoms with E-state index in [2.05, 4.69) is 10.0 Å². The summed E-state index contributed by atoms with van der Waals surface area (Å²) >= 11 is 0. The lowest BCUT2D eigenvalue weighted by atomic mass is 10.1. The minimum atomic E-state index is -3.97. The summed E-state index contributed by atoms with van der Waals surface area (Å²) in [6, 6.07) is 10.1. The fourth-order valence-electron chi connectivity index (χ4n) is 3.70. The van der Waals surface area contributed by atoms with E-state index in [1.165, 1.54) is 38.5 Å². The smallest absolute Gasteiger partial charge is 0.265 e. The van der Waals surface area contributed by atoms with Crippen LogP contribution in [-0.2, 0) is 14.8 Å². The number of carbonyl (C=O) groups is 2. The molecule has 0 spiro atoms. The molecule has 0 aliphatic carbocycles. The molecule has 0 bridgehead atoms. The van der Waals surface area contributed by atoms with Crippen LogP contribution in [0.4, 0.5) is 5.69 Å². The van der Waals surface area contributed by atoms with Gasteiger partial charge in [0.15, 0.2) is 0 Å². The predicted molar refractivity (Wildman–Crippen MR) is 124 cm³/mol. The van der Waals surface area contributed by atoms with Crippen molar-refractivity contribution in [2.24, 2.45) is 0 Å². The van der Waals surface area contributed by atoms with E-state index in [1.807, 2.05) is 6.92 Å². The summed E-state index contributed by atoms with van der Waals surface area (Å²) in [6.07, 6.45) is 2.21. The van der Waals surface area contributed by atoms with Crippen molar-refractivity contribution >= 4 is 27.5 Å². The number of ether oxygens (including phenoxy) is 2. The third kappa shape index (κ3) is 5.57. The van der Waals surface area contributed by atoms with Crippen molar-refractivity contribution in [3.05, 3.63) is 48.0 Å². The van der Waals surface area contributed by atoms with E-state index >= 15 is 0 Å². The number of methoxy groups -OCH3 is 2. The van der Waals surface area contributed by atoms with Crippen molar-refractivity contribution in [1.82, 2.24) is 10.2 Å². The Morgan fingerprint density at radius 2 is 1.82 bits per heavy atom. The van der Waals surface area contributed by atoms with Gasteiger partial charge in [-0.3, -0.25) is 14.3 Å². The highest BCUT2D eigenvalue weighted by Gasteiger charge is 2.34. The van der Waals surface area contributed by atoms with Crippen molar-refractivity contribution in [1.29, 1.82) is 0 Å². The van der Waals surface area contributed by atoms with E-state index in [9.17, 15) is 18.0 Å². The van der Waals surface area contributed by atoms with Gasteiger partial charge < -0.3 is 19.7 Å². The van der Waals surface area contributed by atoms with Gasteiger partial charge in [0.1, 0.15) is 22.4 Å². The van der Waals surface area contributed by atoms with E-state index in [0.717, 1.165) is 12.8 Å². The highest BCUT2D eigenvalue weighted by Crippen LogP contribution is 2.30. The number of carbonyl (C=O) groups excluding carboxylic acids is 2. The second-order valence-electron chi connectivity index (χ2n) is 7.65. The summed E-state index contributed by atoms with van der Waals surface area (Å²) in [5.74, 6) is 0.157. The summed E-state index contributed by atoms with van der Waals surface area (Å²) < 4.78 is 38.6. The van der Waals surface area contributed by atoms with Gasteiger partial charge in [-0.2, -0.15) is 0 Å². The van der Waals surface area contributed by atoms with Gasteiger partial charge in [0.25, 0.3) is 15.9 Å². The molecule has 2 N–H and O–H groups in total. The van der Waals surface area contributed by atoms with Gasteiger partial charge in [-0.25, -0.2) is 8.42 Å². The molecule has 10 heteroatoms. The average molecular weight is 476 g/mol. The van der Waals surface area contributed by atoms with Crippen LogP contribution in [0.1, 0.15) is 36.5 Å². The summed E-state index contributed by atoms with van der Waals surface area (Å²) in [5.41, 5.74) is 0.669. The Kier molecular flexibility index (Phi) is 7.80. The zero-order chi connectivity index (χ0) is 24.0. The van der Waals surface area contributed by atoms with Crippen LogP contribution in [0.3, 0.4) is 0 Å². The molecule has 0 aromatic heterocycles. The van der Waals surface area contributed by atoms with Crippen LogP contribution in [0.25, 0.3) is 0 Å². The summed E-state index contributed by atoms with van der Waals surface area (Å²) in [4.78, 5) is 26.9. The molecule has 0 radical (unpaired) electrons. The summed E-state index contributed by atoms with van der Waals surface area (Å²) in [6.45, 7) is 3.05. The van der Waals surface area contributed by atoms with Crippen LogP contribution >= 0.6 is 0 Å². The van der Waals surface area contributed by atoms with E-state index in [0.29, 0.717) is 30.8 Å². The number of benzene rings is 2. The van der Waals surface area contributed by atoms with Gasteiger partial charge in [0.2, 0.25) is 5.91 Å². The van der Waals surface area contributed by atoms with Crippen LogP contribution in [0.2, 0.25) is 0 Å². The molecule has 9 nitrogen and oxygen atoms in total. The number of sulfonamides is 1. The molecule has 1 heterocycles. The second kappa shape index (κ2) is 10.6. The van der Waals surface area contributed by atoms with Crippen molar-refractivity contribution < 1.29 is 27.5 Å². The Hall–Kier alpha value is -3.27. The molecular weight excluding hydrogens is 446 g/mol. The monoisotopic (exact) mass is 475 g/mol. The molecule has 2 amide bonds. The predicted octanol–water partition coefficient (Wildman–Crippen LogP) is 2.64. The zero-order valence-electron chi connectivity index (χ0n) is 19.0. The van der Waals surface area contributed by atoms with Crippen molar-refractivity contribution in [3.8, 4) is 11.5 Å². The highest BCUT2D eigenvalue weighted by molar-refractivity contribution is 7.92. The van der Waals surface area contributed by atoms with Crippen LogP contribution in [0.15, 0.2) is 47.4 Å². The Balaban J connectivity index is 1.75. The lowest BCUT2D eigenvalue weighted by Gasteiger charge is -2.24. The third-order valence-electron chi connectivity index (χ3n) is 5.41. The van der Waals surface area contributed by atoms with E-state index < -0.39 is 16.1 Å². The van der Waals surface area contributed by atoms with Crippen LogP contribution in [-0.4, -0.2) is 58.5 Å². The van der Waals surface area contributed by atoms with Crippen LogP contribution < -0.4 is 19.5 Å². The van der Waals surface area contributed by atoms with E-state index in [4.69, 9.17) is 9.47 Å². The standard InChI is InChI=1S/C23H29N3O6S/c1-4-13-24-22(27)19-6-5-14-26(19)23(28)16-7-9-17(10-8-16)25-33(29,30)21-15-18(31-2)11-12-20(21)32-3/h7-12,15,19,25H,4-6,13-14H2,1-3H3,(H,24,27)/t19-/m1/s1. The molecule has 0 unspecified atom stereocenters. The average Bonchev–Trinajstić information content (AvgIpc) is 3.32. The van der Waals surface area contributed by atoms with Gasteiger partial charge in [0, 0.05) is 30.4 Å². The van der Waals surface area contributed by atoms with Crippen molar-refractivity contribution in [3.63, 3.8) is 0 Å². The van der Waals surface area contributed by atoms with Gasteiger partial charge in [-0.1, -0.05) is 6.92 Å². The molecule has 33 heavy (non-hydrogen) atoms. The topological polar surface area (TPSA) is 114 Å². The van der Waals surface area contributed by atoms with Gasteiger partial charge in [0.05, 0.1) is 14.2 Å². The number of likely N-dealkylation sites (tertiary alicyclic amines) is 1. The lowest BCUT2D eigenvalue weighted by molar-refractivity contribution is -0.124. The largest absolute Gasteiger partial charge is 0.497 e. The SMILES string of the molecule is CCCNC(=O)[C@H]1CCCN1C(=O)c1ccc(NS(=O)(=O)c2cc(OC)ccc2OC)cc1. The molecule has 1 atom stereocenters. The second-order valence-corrected chi connectivity index (χ2v) is 9.30. The zero-order valence-corrected chi connectivity index (χ0v) is 19.8. The maximum atomic E-state index is 13.0. The highest BCUT2D eigenvalue weighted by atomic mass is 32.2. The number of amides is 2. The van der Waals surface area contributed by atoms with Crippen molar-refractivity contribution in [2.45, 2.75) is 37.1 Å². The molecule has 2 aromatic carbocycles. The number of hydrogen-bond acceptors (Lipinski definition) is 6. The molecule has 178 valence electrons. The van der Waals surface area contributed by atoms with Gasteiger partial charge >= 0.3 is 0 Å². The first-order valence-electron chi connectivity index (χ1n) is 10.7. The van der Waals surface area contributed by atoms with Gasteiger partial charge in [-0.05, 0) is 55.7 Å². The maximum Gasteiger partial charge on any atom is 0.265 e. The Morgan fingerprint density at radius 3 is 2.45 bits per heavy atom. The van der Waals surface area contributed by atoms with Crippen molar-refractivity contribution in [2.75, 3.05) is 32.0 Å². The third-order valence-corrected chi connectivity index (χ3v) is 6.81. The normalized spacial score (nSPS) is 15.7. The molecule has 1 saturated heterocycles. The Labute approximate surface area is 194 Å². The van der Waals surface area contributed by atoms with Crippen LogP contribution in [0.5, 0.6) is 11.5 Å². The molecule has 1 aliphatic rings. The lowest BCUT2D eigenvalue weighted by Crippen LogP contribution is -2.46. The number of hydrogen-bond donors (Lipinski definition) is 2. The Morgan fingerprint density at radius 1 is 1.09 bits per heavy atom. The summed E-state index contributed by atoms with van der Waals surface area (Å²) in [5, 5.41) is 2.85. The minimum Gasteiger partial charge on any atom is -0.497 e. The van der Waals surface area contributed by atoms with E-state index in [-0.39, 0.29) is 28.1 Å². The minimum absolute atomic E-state index is 0.0671. The fraction of sp³-hybridized carbons (Fsp3) is 0.391. The molecule has 1 aliphatic heterocycles. The molecule has 0 saturated carbocycles. The molecule has 1 fully saturated rings. The van der Waals surface area contributed by atoms with E-state index in [1.54, 1.807) is 23.1 Å². The molecular formula is C23H29N3O6S. The quantitative estimate of drug-likeness (QED) is 0.576. The first-order chi connectivity index (χ1) is 15.8. The summed E-state index contributed by atoms with van der Waals surface area (Å²) in [7, 11) is -1.14. The number of anilines is 1. The Bertz CT molecular complexity index is 1100. The number of nitrogens with one attached hydrogen (secondary N) is 2. The fourth-order valence-corrected chi connectivity index (χ4v) is 4.94. The maximum absolute atomic E-state index is 13.0. The molecule has 2 aromatic rings. The number of nitrogens with zero attached hydrogens (tertiary/aromatic N) is 1. The first-order valence-corrected chi connectivity index (χ1v) is 12.2.